The number of aryl methyl sites for hydroxylation is 3. The molecule has 0 spiro atoms. The van der Waals surface area contributed by atoms with Crippen molar-refractivity contribution in [3.63, 3.8) is 0 Å². The molecule has 0 saturated carbocycles. The summed E-state index contributed by atoms with van der Waals surface area (Å²) in [5.41, 5.74) is 3.22. The fourth-order valence-electron chi connectivity index (χ4n) is 1.75. The Morgan fingerprint density at radius 2 is 2.13 bits per heavy atom. The predicted molar refractivity (Wildman–Crippen MR) is 61.1 cm³/mol. The van der Waals surface area contributed by atoms with Crippen molar-refractivity contribution in [3.05, 3.63) is 39.8 Å². The number of rotatable bonds is 1. The third-order valence-electron chi connectivity index (χ3n) is 2.63. The summed E-state index contributed by atoms with van der Waals surface area (Å²) in [4.78, 5) is 16.3. The summed E-state index contributed by atoms with van der Waals surface area (Å²) in [5.74, 6) is 0. The molecule has 3 heteroatoms. The lowest BCUT2D eigenvalue weighted by Gasteiger charge is -2.06. The highest BCUT2D eigenvalue weighted by atomic mass is 16.1. The summed E-state index contributed by atoms with van der Waals surface area (Å²) in [6, 6.07) is 3.93. The van der Waals surface area contributed by atoms with E-state index >= 15 is 0 Å². The molecule has 0 unspecified atom stereocenters. The topological polar surface area (TPSA) is 34.9 Å². The molecule has 0 aliphatic carbocycles. The highest BCUT2D eigenvalue weighted by Crippen LogP contribution is 2.09. The number of nitrogens with zero attached hydrogens (tertiary/aromatic N) is 2. The Bertz CT molecular complexity index is 570. The molecule has 0 aliphatic rings. The van der Waals surface area contributed by atoms with Gasteiger partial charge >= 0.3 is 0 Å². The van der Waals surface area contributed by atoms with Crippen molar-refractivity contribution in [2.24, 2.45) is 7.05 Å². The molecule has 15 heavy (non-hydrogen) atoms. The molecule has 0 amide bonds. The van der Waals surface area contributed by atoms with Gasteiger partial charge < -0.3 is 4.57 Å². The van der Waals surface area contributed by atoms with Gasteiger partial charge in [-0.05, 0) is 25.5 Å². The van der Waals surface area contributed by atoms with Crippen molar-refractivity contribution < 1.29 is 0 Å². The van der Waals surface area contributed by atoms with Crippen molar-refractivity contribution in [2.75, 3.05) is 0 Å². The lowest BCUT2D eigenvalue weighted by molar-refractivity contribution is 0.928. The van der Waals surface area contributed by atoms with Gasteiger partial charge in [0.1, 0.15) is 5.52 Å². The lowest BCUT2D eigenvalue weighted by atomic mass is 10.2. The van der Waals surface area contributed by atoms with Gasteiger partial charge in [0.2, 0.25) is 5.43 Å². The molecule has 0 radical (unpaired) electrons. The van der Waals surface area contributed by atoms with Gasteiger partial charge in [0.25, 0.3) is 0 Å². The quantitative estimate of drug-likeness (QED) is 0.706. The molecule has 0 N–H and O–H groups in total. The molecule has 0 aromatic carbocycles. The second kappa shape index (κ2) is 3.50. The molecule has 0 bridgehead atoms. The van der Waals surface area contributed by atoms with Gasteiger partial charge in [-0.3, -0.25) is 4.79 Å². The van der Waals surface area contributed by atoms with Crippen molar-refractivity contribution >= 4 is 11.0 Å². The summed E-state index contributed by atoms with van der Waals surface area (Å²) in [7, 11) is 1.93. The Hall–Kier alpha value is -1.64. The van der Waals surface area contributed by atoms with Crippen molar-refractivity contribution in [1.29, 1.82) is 0 Å². The van der Waals surface area contributed by atoms with Crippen LogP contribution in [-0.4, -0.2) is 9.55 Å². The second-order valence-electron chi connectivity index (χ2n) is 3.78. The highest BCUT2D eigenvalue weighted by molar-refractivity contribution is 5.75. The van der Waals surface area contributed by atoms with Gasteiger partial charge in [0.05, 0.1) is 5.52 Å². The van der Waals surface area contributed by atoms with E-state index in [1.165, 1.54) is 0 Å². The van der Waals surface area contributed by atoms with Crippen LogP contribution in [0.25, 0.3) is 11.0 Å². The molecule has 2 rings (SSSR count). The monoisotopic (exact) mass is 202 g/mol. The minimum atomic E-state index is 0.0402. The van der Waals surface area contributed by atoms with Crippen LogP contribution in [0.5, 0.6) is 0 Å². The number of pyridine rings is 2. The average molecular weight is 202 g/mol. The Morgan fingerprint density at radius 1 is 1.40 bits per heavy atom. The molecular formula is C12H14N2O. The summed E-state index contributed by atoms with van der Waals surface area (Å²) in [5, 5.41) is 0. The van der Waals surface area contributed by atoms with Crippen LogP contribution >= 0.6 is 0 Å². The van der Waals surface area contributed by atoms with Crippen LogP contribution in [0.2, 0.25) is 0 Å². The normalized spacial score (nSPS) is 10.9. The van der Waals surface area contributed by atoms with Gasteiger partial charge in [-0.25, -0.2) is 4.98 Å². The van der Waals surface area contributed by atoms with E-state index in [1.54, 1.807) is 0 Å². The van der Waals surface area contributed by atoms with E-state index < -0.39 is 0 Å². The van der Waals surface area contributed by atoms with E-state index in [0.717, 1.165) is 23.2 Å². The maximum absolute atomic E-state index is 11.9. The fourth-order valence-corrected chi connectivity index (χ4v) is 1.75. The standard InChI is InChI=1S/C12H14N2O/c1-4-9-5-6-10-11(13-9)12(15)8(2)7-14(10)3/h5-7H,4H2,1-3H3. The average Bonchev–Trinajstić information content (AvgIpc) is 2.25. The lowest BCUT2D eigenvalue weighted by Crippen LogP contribution is -2.12. The van der Waals surface area contributed by atoms with Crippen LogP contribution in [0.4, 0.5) is 0 Å². The maximum Gasteiger partial charge on any atom is 0.210 e. The van der Waals surface area contributed by atoms with Crippen LogP contribution in [0.1, 0.15) is 18.2 Å². The summed E-state index contributed by atoms with van der Waals surface area (Å²) in [6.45, 7) is 3.86. The molecule has 78 valence electrons. The number of aromatic nitrogens is 2. The first-order valence-electron chi connectivity index (χ1n) is 5.09. The molecule has 0 aliphatic heterocycles. The van der Waals surface area contributed by atoms with Crippen molar-refractivity contribution in [3.8, 4) is 0 Å². The van der Waals surface area contributed by atoms with E-state index in [2.05, 4.69) is 4.98 Å². The van der Waals surface area contributed by atoms with Crippen LogP contribution in [0.15, 0.2) is 23.1 Å². The fraction of sp³-hybridized carbons (Fsp3) is 0.333. The number of hydrogen-bond donors (Lipinski definition) is 0. The maximum atomic E-state index is 11.9. The van der Waals surface area contributed by atoms with Crippen LogP contribution < -0.4 is 5.43 Å². The van der Waals surface area contributed by atoms with Crippen LogP contribution in [0, 0.1) is 6.92 Å². The molecule has 2 aromatic heterocycles. The molecule has 2 heterocycles. The van der Waals surface area contributed by atoms with Gasteiger partial charge in [-0.2, -0.15) is 0 Å². The minimum absolute atomic E-state index is 0.0402. The summed E-state index contributed by atoms with van der Waals surface area (Å²) >= 11 is 0. The van der Waals surface area contributed by atoms with Gasteiger partial charge in [-0.1, -0.05) is 6.92 Å². The van der Waals surface area contributed by atoms with Crippen LogP contribution in [0.3, 0.4) is 0 Å². The smallest absolute Gasteiger partial charge is 0.210 e. The Labute approximate surface area is 88.4 Å². The first-order valence-corrected chi connectivity index (χ1v) is 5.09. The minimum Gasteiger partial charge on any atom is -0.349 e. The zero-order chi connectivity index (χ0) is 11.0. The summed E-state index contributed by atoms with van der Waals surface area (Å²) in [6.07, 6.45) is 2.70. The third kappa shape index (κ3) is 1.54. The molecule has 0 atom stereocenters. The molecule has 0 fully saturated rings. The Balaban J connectivity index is 2.91. The van der Waals surface area contributed by atoms with Gasteiger partial charge in [0, 0.05) is 24.5 Å². The Morgan fingerprint density at radius 3 is 2.80 bits per heavy atom. The molecular weight excluding hydrogens is 188 g/mol. The molecule has 2 aromatic rings. The molecule has 0 saturated heterocycles. The second-order valence-corrected chi connectivity index (χ2v) is 3.78. The van der Waals surface area contributed by atoms with Gasteiger partial charge in [0.15, 0.2) is 0 Å². The first-order chi connectivity index (χ1) is 7.13. The third-order valence-corrected chi connectivity index (χ3v) is 2.63. The summed E-state index contributed by atoms with van der Waals surface area (Å²) < 4.78 is 1.94. The largest absolute Gasteiger partial charge is 0.349 e. The SMILES string of the molecule is CCc1ccc2c(n1)c(=O)c(C)cn2C. The van der Waals surface area contributed by atoms with Gasteiger partial charge in [-0.15, -0.1) is 0 Å². The number of hydrogen-bond acceptors (Lipinski definition) is 2. The Kier molecular flexibility index (Phi) is 2.31. The zero-order valence-electron chi connectivity index (χ0n) is 9.24. The van der Waals surface area contributed by atoms with E-state index in [0.29, 0.717) is 5.52 Å². The van der Waals surface area contributed by atoms with Crippen molar-refractivity contribution in [1.82, 2.24) is 9.55 Å². The van der Waals surface area contributed by atoms with E-state index in [4.69, 9.17) is 0 Å². The van der Waals surface area contributed by atoms with Crippen LogP contribution in [-0.2, 0) is 13.5 Å². The molecule has 3 nitrogen and oxygen atoms in total. The highest BCUT2D eigenvalue weighted by Gasteiger charge is 2.05. The van der Waals surface area contributed by atoms with Crippen molar-refractivity contribution in [2.45, 2.75) is 20.3 Å². The number of fused-ring (bicyclic) bond motifs is 1. The van der Waals surface area contributed by atoms with E-state index in [9.17, 15) is 4.79 Å². The van der Waals surface area contributed by atoms with E-state index in [-0.39, 0.29) is 5.43 Å². The predicted octanol–water partition coefficient (Wildman–Crippen LogP) is 1.80. The first kappa shape index (κ1) is 9.90. The van der Waals surface area contributed by atoms with E-state index in [1.807, 2.05) is 43.8 Å². The zero-order valence-corrected chi connectivity index (χ0v) is 9.24.